The molecule has 1 aliphatic rings. The number of benzene rings is 8. The molecule has 196 valence electrons. The predicted molar refractivity (Wildman–Crippen MR) is 180 cm³/mol. The number of aromatic nitrogens is 1. The number of fused-ring (bicyclic) bond motifs is 13. The summed E-state index contributed by atoms with van der Waals surface area (Å²) in [5.74, 6) is 0. The van der Waals surface area contributed by atoms with Crippen molar-refractivity contribution < 1.29 is 0 Å². The average molecular weight is 543 g/mol. The highest BCUT2D eigenvalue weighted by atomic mass is 15.0. The first-order valence-electron chi connectivity index (χ1n) is 14.7. The maximum absolute atomic E-state index is 9.60. The fourth-order valence-electron chi connectivity index (χ4n) is 7.77. The zero-order valence-corrected chi connectivity index (χ0v) is 23.1. The molecule has 0 aliphatic heterocycles. The minimum absolute atomic E-state index is 0.685. The van der Waals surface area contributed by atoms with Crippen LogP contribution >= 0.6 is 0 Å². The van der Waals surface area contributed by atoms with Crippen molar-refractivity contribution in [3.05, 3.63) is 139 Å². The molecule has 0 fully saturated rings. The van der Waals surface area contributed by atoms with Crippen molar-refractivity contribution in [2.45, 2.75) is 0 Å². The molecule has 0 unspecified atom stereocenters. The van der Waals surface area contributed by atoms with Crippen LogP contribution in [0.3, 0.4) is 0 Å². The van der Waals surface area contributed by atoms with Crippen molar-refractivity contribution in [3.63, 3.8) is 0 Å². The third kappa shape index (κ3) is 2.86. The number of rotatable bonds is 1. The molecule has 1 heterocycles. The van der Waals surface area contributed by atoms with E-state index in [2.05, 4.69) is 132 Å². The van der Waals surface area contributed by atoms with Crippen molar-refractivity contribution >= 4 is 64.9 Å². The van der Waals surface area contributed by atoms with Crippen molar-refractivity contribution in [3.8, 4) is 34.0 Å². The Bertz CT molecular complexity index is 2710. The second kappa shape index (κ2) is 8.10. The lowest BCUT2D eigenvalue weighted by atomic mass is 9.93. The molecule has 0 radical (unpaired) electrons. The molecule has 0 atom stereocenters. The second-order valence-corrected chi connectivity index (χ2v) is 11.6. The van der Waals surface area contributed by atoms with Crippen LogP contribution < -0.4 is 0 Å². The highest BCUT2D eigenvalue weighted by molar-refractivity contribution is 6.28. The van der Waals surface area contributed by atoms with Gasteiger partial charge < -0.3 is 4.57 Å². The zero-order chi connectivity index (χ0) is 28.2. The van der Waals surface area contributed by atoms with E-state index in [1.807, 2.05) is 12.1 Å². The molecule has 2 nitrogen and oxygen atoms in total. The van der Waals surface area contributed by atoms with Crippen LogP contribution in [0.5, 0.6) is 0 Å². The lowest BCUT2D eigenvalue weighted by Gasteiger charge is -2.14. The fourth-order valence-corrected chi connectivity index (χ4v) is 7.77. The Morgan fingerprint density at radius 2 is 1.12 bits per heavy atom. The Labute approximate surface area is 247 Å². The first kappa shape index (κ1) is 22.7. The molecule has 0 spiro atoms. The van der Waals surface area contributed by atoms with Crippen LogP contribution in [-0.4, -0.2) is 4.57 Å². The largest absolute Gasteiger partial charge is 0.309 e. The first-order valence-corrected chi connectivity index (χ1v) is 14.7. The van der Waals surface area contributed by atoms with Crippen LogP contribution in [0.25, 0.3) is 92.8 Å². The van der Waals surface area contributed by atoms with Crippen LogP contribution in [-0.2, 0) is 0 Å². The molecule has 43 heavy (non-hydrogen) atoms. The van der Waals surface area contributed by atoms with Gasteiger partial charge in [0, 0.05) is 22.0 Å². The maximum atomic E-state index is 9.60. The molecule has 1 aliphatic carbocycles. The van der Waals surface area contributed by atoms with Gasteiger partial charge >= 0.3 is 0 Å². The zero-order valence-electron chi connectivity index (χ0n) is 23.1. The molecule has 9 aromatic rings. The Morgan fingerprint density at radius 3 is 1.91 bits per heavy atom. The van der Waals surface area contributed by atoms with Gasteiger partial charge in [0.05, 0.1) is 22.7 Å². The summed E-state index contributed by atoms with van der Waals surface area (Å²) in [5, 5.41) is 21.9. The molecule has 8 aromatic carbocycles. The average Bonchev–Trinajstić information content (AvgIpc) is 3.58. The third-order valence-electron chi connectivity index (χ3n) is 9.51. The Morgan fingerprint density at radius 1 is 0.442 bits per heavy atom. The standard InChI is InChI=1S/C41H22N2/c42-23-24-15-17-29-30-18-16-26(22-36(30)28-10-2-1-9-27(28)35(29)21-24)43-37-14-4-3-11-33(37)41-38(43)20-19-32-31-12-5-7-25-8-6-13-34(39(25)31)40(32)41/h1-22H. The summed E-state index contributed by atoms with van der Waals surface area (Å²) in [4.78, 5) is 0. The maximum Gasteiger partial charge on any atom is 0.0991 e. The quantitative estimate of drug-likeness (QED) is 0.190. The minimum Gasteiger partial charge on any atom is -0.309 e. The summed E-state index contributed by atoms with van der Waals surface area (Å²) in [6, 6.07) is 50.6. The normalized spacial score (nSPS) is 12.2. The summed E-state index contributed by atoms with van der Waals surface area (Å²) >= 11 is 0. The number of hydrogen-bond acceptors (Lipinski definition) is 1. The van der Waals surface area contributed by atoms with Gasteiger partial charge in [-0.3, -0.25) is 0 Å². The van der Waals surface area contributed by atoms with E-state index < -0.39 is 0 Å². The van der Waals surface area contributed by atoms with Gasteiger partial charge in [-0.1, -0.05) is 97.1 Å². The molecule has 10 rings (SSSR count). The molecule has 0 bridgehead atoms. The topological polar surface area (TPSA) is 28.7 Å². The summed E-state index contributed by atoms with van der Waals surface area (Å²) in [7, 11) is 0. The van der Waals surface area contributed by atoms with E-state index >= 15 is 0 Å². The van der Waals surface area contributed by atoms with Gasteiger partial charge in [0.15, 0.2) is 0 Å². The smallest absolute Gasteiger partial charge is 0.0991 e. The van der Waals surface area contributed by atoms with Gasteiger partial charge in [-0.05, 0) is 96.2 Å². The van der Waals surface area contributed by atoms with Crippen LogP contribution in [0.4, 0.5) is 0 Å². The Balaban J connectivity index is 1.33. The van der Waals surface area contributed by atoms with Crippen molar-refractivity contribution in [1.29, 1.82) is 5.26 Å². The van der Waals surface area contributed by atoms with Crippen molar-refractivity contribution in [2.24, 2.45) is 0 Å². The van der Waals surface area contributed by atoms with E-state index in [0.717, 1.165) is 11.1 Å². The summed E-state index contributed by atoms with van der Waals surface area (Å²) < 4.78 is 2.44. The van der Waals surface area contributed by atoms with Gasteiger partial charge in [0.2, 0.25) is 0 Å². The summed E-state index contributed by atoms with van der Waals surface area (Å²) in [6.07, 6.45) is 0. The summed E-state index contributed by atoms with van der Waals surface area (Å²) in [6.45, 7) is 0. The summed E-state index contributed by atoms with van der Waals surface area (Å²) in [5.41, 5.74) is 9.55. The van der Waals surface area contributed by atoms with Crippen LogP contribution in [0.15, 0.2) is 133 Å². The van der Waals surface area contributed by atoms with Gasteiger partial charge in [-0.25, -0.2) is 0 Å². The SMILES string of the molecule is N#Cc1ccc2c3ccc(-n4c5ccccc5c5c6c(ccc54)-c4cccc5cccc-6c45)cc3c3ccccc3c2c1. The lowest BCUT2D eigenvalue weighted by molar-refractivity contribution is 1.19. The molecule has 0 amide bonds. The van der Waals surface area contributed by atoms with E-state index in [1.54, 1.807) is 0 Å². The first-order chi connectivity index (χ1) is 21.3. The van der Waals surface area contributed by atoms with Gasteiger partial charge in [0.25, 0.3) is 0 Å². The monoisotopic (exact) mass is 542 g/mol. The van der Waals surface area contributed by atoms with Crippen LogP contribution in [0, 0.1) is 11.3 Å². The van der Waals surface area contributed by atoms with E-state index in [9.17, 15) is 5.26 Å². The van der Waals surface area contributed by atoms with E-state index in [-0.39, 0.29) is 0 Å². The van der Waals surface area contributed by atoms with Gasteiger partial charge in [-0.15, -0.1) is 0 Å². The van der Waals surface area contributed by atoms with Gasteiger partial charge in [-0.2, -0.15) is 5.26 Å². The number of nitriles is 1. The minimum atomic E-state index is 0.685. The highest BCUT2D eigenvalue weighted by Crippen LogP contribution is 2.52. The molecular weight excluding hydrogens is 520 g/mol. The van der Waals surface area contributed by atoms with Crippen LogP contribution in [0.2, 0.25) is 0 Å². The highest BCUT2D eigenvalue weighted by Gasteiger charge is 2.26. The van der Waals surface area contributed by atoms with Crippen molar-refractivity contribution in [1.82, 2.24) is 4.57 Å². The number of hydrogen-bond donors (Lipinski definition) is 0. The Kier molecular flexibility index (Phi) is 4.28. The van der Waals surface area contributed by atoms with E-state index in [0.29, 0.717) is 5.56 Å². The molecular formula is C41H22N2. The molecule has 2 heteroatoms. The number of nitrogens with zero attached hydrogens (tertiary/aromatic N) is 2. The van der Waals surface area contributed by atoms with Crippen LogP contribution in [0.1, 0.15) is 5.56 Å². The van der Waals surface area contributed by atoms with Gasteiger partial charge in [0.1, 0.15) is 0 Å². The second-order valence-electron chi connectivity index (χ2n) is 11.6. The van der Waals surface area contributed by atoms with E-state index in [4.69, 9.17) is 0 Å². The van der Waals surface area contributed by atoms with Crippen molar-refractivity contribution in [2.75, 3.05) is 0 Å². The molecule has 0 N–H and O–H groups in total. The lowest BCUT2D eigenvalue weighted by Crippen LogP contribution is -1.95. The van der Waals surface area contributed by atoms with E-state index in [1.165, 1.54) is 81.8 Å². The predicted octanol–water partition coefficient (Wildman–Crippen LogP) is 10.9. The fraction of sp³-hybridized carbons (Fsp3) is 0. The molecule has 0 saturated carbocycles. The molecule has 0 saturated heterocycles. The third-order valence-corrected chi connectivity index (χ3v) is 9.51. The molecule has 1 aromatic heterocycles. The Hall–Kier alpha value is -5.91. The number of para-hydroxylation sites is 1.